The maximum Gasteiger partial charge on any atom is 0.327 e. The molecular weight excluding hydrogens is 154 g/mol. The number of esters is 1. The Morgan fingerprint density at radius 3 is 3.17 bits per heavy atom. The zero-order chi connectivity index (χ0) is 8.97. The summed E-state index contributed by atoms with van der Waals surface area (Å²) in [5.74, 6) is -0.178. The van der Waals surface area contributed by atoms with Crippen LogP contribution in [-0.4, -0.2) is 25.7 Å². The van der Waals surface area contributed by atoms with E-state index in [1.54, 1.807) is 0 Å². The van der Waals surface area contributed by atoms with Crippen LogP contribution in [0.1, 0.15) is 19.8 Å². The third-order valence-electron chi connectivity index (χ3n) is 2.12. The summed E-state index contributed by atoms with van der Waals surface area (Å²) in [5.41, 5.74) is 1.15. The van der Waals surface area contributed by atoms with E-state index in [1.807, 2.05) is 0 Å². The lowest BCUT2D eigenvalue weighted by Gasteiger charge is -2.22. The lowest BCUT2D eigenvalue weighted by atomic mass is 10.00. The molecule has 0 saturated heterocycles. The van der Waals surface area contributed by atoms with Crippen LogP contribution in [0.4, 0.5) is 0 Å². The molecule has 1 aliphatic rings. The maximum atomic E-state index is 11.2. The Morgan fingerprint density at radius 2 is 2.58 bits per heavy atom. The van der Waals surface area contributed by atoms with E-state index < -0.39 is 0 Å². The first-order valence-electron chi connectivity index (χ1n) is 4.29. The standard InChI is InChI=1S/C9H15NO2/c1-3-7-5-4-6-10-8(7)9(11)12-2/h5,8,10H,3-4,6H2,1-2H3. The molecule has 0 radical (unpaired) electrons. The third kappa shape index (κ3) is 1.85. The van der Waals surface area contributed by atoms with Gasteiger partial charge in [0.15, 0.2) is 0 Å². The first-order valence-corrected chi connectivity index (χ1v) is 4.29. The zero-order valence-electron chi connectivity index (χ0n) is 7.59. The highest BCUT2D eigenvalue weighted by atomic mass is 16.5. The van der Waals surface area contributed by atoms with Crippen LogP contribution in [0, 0.1) is 0 Å². The molecule has 1 rings (SSSR count). The van der Waals surface area contributed by atoms with Crippen LogP contribution in [0.25, 0.3) is 0 Å². The van der Waals surface area contributed by atoms with Crippen molar-refractivity contribution in [2.45, 2.75) is 25.8 Å². The van der Waals surface area contributed by atoms with Gasteiger partial charge in [0.05, 0.1) is 7.11 Å². The Bertz CT molecular complexity index is 199. The quantitative estimate of drug-likeness (QED) is 0.492. The average Bonchev–Trinajstić information content (AvgIpc) is 2.16. The fourth-order valence-corrected chi connectivity index (χ4v) is 1.44. The van der Waals surface area contributed by atoms with E-state index in [-0.39, 0.29) is 12.0 Å². The molecule has 68 valence electrons. The molecular formula is C9H15NO2. The van der Waals surface area contributed by atoms with E-state index in [1.165, 1.54) is 7.11 Å². The van der Waals surface area contributed by atoms with Crippen LogP contribution in [0.5, 0.6) is 0 Å². The Kier molecular flexibility index (Phi) is 3.29. The molecule has 1 N–H and O–H groups in total. The van der Waals surface area contributed by atoms with Gasteiger partial charge in [-0.05, 0) is 25.0 Å². The fourth-order valence-electron chi connectivity index (χ4n) is 1.44. The van der Waals surface area contributed by atoms with Crippen LogP contribution in [-0.2, 0) is 9.53 Å². The molecule has 0 aromatic rings. The number of carbonyl (C=O) groups excluding carboxylic acids is 1. The molecule has 0 bridgehead atoms. The van der Waals surface area contributed by atoms with Crippen LogP contribution in [0.15, 0.2) is 11.6 Å². The summed E-state index contributed by atoms with van der Waals surface area (Å²) < 4.78 is 4.68. The molecule has 1 heterocycles. The van der Waals surface area contributed by atoms with Crippen molar-refractivity contribution in [3.05, 3.63) is 11.6 Å². The van der Waals surface area contributed by atoms with Crippen molar-refractivity contribution >= 4 is 5.97 Å². The van der Waals surface area contributed by atoms with Gasteiger partial charge < -0.3 is 10.1 Å². The summed E-state index contributed by atoms with van der Waals surface area (Å²) in [6.07, 6.45) is 4.04. The van der Waals surface area contributed by atoms with Gasteiger partial charge in [-0.25, -0.2) is 0 Å². The molecule has 0 fully saturated rings. The number of nitrogens with one attached hydrogen (secondary N) is 1. The normalized spacial score (nSPS) is 23.2. The van der Waals surface area contributed by atoms with Crippen LogP contribution in [0.3, 0.4) is 0 Å². The Hall–Kier alpha value is -0.830. The van der Waals surface area contributed by atoms with E-state index in [9.17, 15) is 4.79 Å². The molecule has 1 aliphatic heterocycles. The van der Waals surface area contributed by atoms with Crippen LogP contribution in [0.2, 0.25) is 0 Å². The van der Waals surface area contributed by atoms with Gasteiger partial charge in [-0.15, -0.1) is 0 Å². The Balaban J connectivity index is 2.67. The molecule has 3 heteroatoms. The summed E-state index contributed by atoms with van der Waals surface area (Å²) >= 11 is 0. The van der Waals surface area contributed by atoms with E-state index in [0.717, 1.165) is 25.0 Å². The number of hydrogen-bond acceptors (Lipinski definition) is 3. The second-order valence-corrected chi connectivity index (χ2v) is 2.83. The third-order valence-corrected chi connectivity index (χ3v) is 2.12. The molecule has 1 unspecified atom stereocenters. The van der Waals surface area contributed by atoms with Gasteiger partial charge in [-0.2, -0.15) is 0 Å². The van der Waals surface area contributed by atoms with Crippen molar-refractivity contribution < 1.29 is 9.53 Å². The molecule has 12 heavy (non-hydrogen) atoms. The highest BCUT2D eigenvalue weighted by Gasteiger charge is 2.23. The predicted octanol–water partition coefficient (Wildman–Crippen LogP) is 0.858. The van der Waals surface area contributed by atoms with E-state index >= 15 is 0 Å². The molecule has 1 atom stereocenters. The van der Waals surface area contributed by atoms with Gasteiger partial charge in [-0.3, -0.25) is 4.79 Å². The van der Waals surface area contributed by atoms with Crippen molar-refractivity contribution in [2.75, 3.05) is 13.7 Å². The minimum absolute atomic E-state index is 0.178. The topological polar surface area (TPSA) is 38.3 Å². The van der Waals surface area contributed by atoms with Crippen molar-refractivity contribution in [2.24, 2.45) is 0 Å². The highest BCUT2D eigenvalue weighted by molar-refractivity contribution is 5.79. The van der Waals surface area contributed by atoms with Gasteiger partial charge in [0, 0.05) is 0 Å². The second-order valence-electron chi connectivity index (χ2n) is 2.83. The number of rotatable bonds is 2. The average molecular weight is 169 g/mol. The zero-order valence-corrected chi connectivity index (χ0v) is 7.59. The second kappa shape index (κ2) is 4.26. The molecule has 0 aromatic heterocycles. The number of ether oxygens (including phenoxy) is 1. The lowest BCUT2D eigenvalue weighted by molar-refractivity contribution is -0.142. The van der Waals surface area contributed by atoms with Crippen LogP contribution < -0.4 is 5.32 Å². The van der Waals surface area contributed by atoms with Gasteiger partial charge in [0.1, 0.15) is 6.04 Å². The Labute approximate surface area is 72.8 Å². The number of hydrogen-bond donors (Lipinski definition) is 1. The molecule has 0 aliphatic carbocycles. The monoisotopic (exact) mass is 169 g/mol. The van der Waals surface area contributed by atoms with E-state index in [2.05, 4.69) is 23.1 Å². The van der Waals surface area contributed by atoms with E-state index in [4.69, 9.17) is 0 Å². The van der Waals surface area contributed by atoms with Crippen molar-refractivity contribution in [1.29, 1.82) is 0 Å². The largest absolute Gasteiger partial charge is 0.468 e. The molecule has 0 amide bonds. The lowest BCUT2D eigenvalue weighted by Crippen LogP contribution is -2.41. The maximum absolute atomic E-state index is 11.2. The summed E-state index contributed by atoms with van der Waals surface area (Å²) in [5, 5.41) is 3.13. The van der Waals surface area contributed by atoms with Crippen molar-refractivity contribution in [3.8, 4) is 0 Å². The molecule has 3 nitrogen and oxygen atoms in total. The predicted molar refractivity (Wildman–Crippen MR) is 46.8 cm³/mol. The molecule has 0 aromatic carbocycles. The molecule has 0 spiro atoms. The Morgan fingerprint density at radius 1 is 1.83 bits per heavy atom. The van der Waals surface area contributed by atoms with Crippen molar-refractivity contribution in [3.63, 3.8) is 0 Å². The summed E-state index contributed by atoms with van der Waals surface area (Å²) in [7, 11) is 1.42. The van der Waals surface area contributed by atoms with Gasteiger partial charge >= 0.3 is 5.97 Å². The van der Waals surface area contributed by atoms with E-state index in [0.29, 0.717) is 0 Å². The smallest absolute Gasteiger partial charge is 0.327 e. The first-order chi connectivity index (χ1) is 5.79. The fraction of sp³-hybridized carbons (Fsp3) is 0.667. The highest BCUT2D eigenvalue weighted by Crippen LogP contribution is 2.13. The van der Waals surface area contributed by atoms with Crippen LogP contribution >= 0.6 is 0 Å². The molecule has 0 saturated carbocycles. The summed E-state index contributed by atoms with van der Waals surface area (Å²) in [4.78, 5) is 11.2. The minimum Gasteiger partial charge on any atom is -0.468 e. The summed E-state index contributed by atoms with van der Waals surface area (Å²) in [6, 6.07) is -0.200. The SMILES string of the molecule is CCC1=CCCNC1C(=O)OC. The minimum atomic E-state index is -0.200. The first kappa shape index (κ1) is 9.26. The van der Waals surface area contributed by atoms with Gasteiger partial charge in [0.25, 0.3) is 0 Å². The summed E-state index contributed by atoms with van der Waals surface area (Å²) in [6.45, 7) is 2.91. The van der Waals surface area contributed by atoms with Crippen molar-refractivity contribution in [1.82, 2.24) is 5.32 Å². The van der Waals surface area contributed by atoms with Gasteiger partial charge in [0.2, 0.25) is 0 Å². The number of methoxy groups -OCH3 is 1. The van der Waals surface area contributed by atoms with Gasteiger partial charge in [-0.1, -0.05) is 13.0 Å². The number of carbonyl (C=O) groups is 1.